The van der Waals surface area contributed by atoms with Crippen molar-refractivity contribution in [2.24, 2.45) is 5.92 Å². The van der Waals surface area contributed by atoms with Gasteiger partial charge >= 0.3 is 0 Å². The first-order valence-electron chi connectivity index (χ1n) is 5.11. The van der Waals surface area contributed by atoms with Crippen molar-refractivity contribution in [1.82, 2.24) is 5.32 Å². The van der Waals surface area contributed by atoms with E-state index in [-0.39, 0.29) is 11.5 Å². The number of amides is 1. The molecule has 0 spiro atoms. The zero-order valence-corrected chi connectivity index (χ0v) is 8.14. The summed E-state index contributed by atoms with van der Waals surface area (Å²) in [6.45, 7) is 3.60. The minimum absolute atomic E-state index is 0.0927. The minimum atomic E-state index is -0.0927. The van der Waals surface area contributed by atoms with Crippen LogP contribution in [0.5, 0.6) is 0 Å². The van der Waals surface area contributed by atoms with E-state index in [9.17, 15) is 4.79 Å². The number of carbonyl (C=O) groups excluding carboxylic acids is 1. The zero-order valence-electron chi connectivity index (χ0n) is 8.14. The molecule has 3 nitrogen and oxygen atoms in total. The Kier molecular flexibility index (Phi) is 2.28. The second-order valence-electron chi connectivity index (χ2n) is 4.39. The molecule has 1 aliphatic heterocycles. The lowest BCUT2D eigenvalue weighted by Crippen LogP contribution is -2.40. The van der Waals surface area contributed by atoms with E-state index in [1.165, 1.54) is 0 Å². The van der Waals surface area contributed by atoms with Crippen LogP contribution in [-0.2, 0) is 9.53 Å². The third kappa shape index (κ3) is 2.21. The highest BCUT2D eigenvalue weighted by Gasteiger charge is 2.33. The molecule has 1 N–H and O–H groups in total. The average Bonchev–Trinajstić information content (AvgIpc) is 2.87. The van der Waals surface area contributed by atoms with Gasteiger partial charge in [0.2, 0.25) is 5.91 Å². The van der Waals surface area contributed by atoms with Gasteiger partial charge < -0.3 is 10.1 Å². The van der Waals surface area contributed by atoms with Gasteiger partial charge in [0.1, 0.15) is 0 Å². The van der Waals surface area contributed by atoms with Crippen LogP contribution in [0.3, 0.4) is 0 Å². The number of rotatable bonds is 3. The van der Waals surface area contributed by atoms with Gasteiger partial charge in [-0.05, 0) is 32.6 Å². The Bertz CT molecular complexity index is 205. The predicted molar refractivity (Wildman–Crippen MR) is 49.3 cm³/mol. The molecule has 1 saturated carbocycles. The largest absolute Gasteiger partial charge is 0.373 e. The van der Waals surface area contributed by atoms with Crippen LogP contribution in [0.4, 0.5) is 0 Å². The maximum atomic E-state index is 11.3. The molecule has 1 amide bonds. The summed E-state index contributed by atoms with van der Waals surface area (Å²) in [6.07, 6.45) is 4.33. The Morgan fingerprint density at radius 2 is 2.38 bits per heavy atom. The normalized spacial score (nSPS) is 33.3. The summed E-state index contributed by atoms with van der Waals surface area (Å²) in [5.74, 6) is 0.529. The molecule has 0 aromatic rings. The molecule has 13 heavy (non-hydrogen) atoms. The summed E-state index contributed by atoms with van der Waals surface area (Å²) in [4.78, 5) is 11.3. The number of carbonyl (C=O) groups is 1. The van der Waals surface area contributed by atoms with Crippen molar-refractivity contribution in [3.05, 3.63) is 0 Å². The summed E-state index contributed by atoms with van der Waals surface area (Å²) >= 11 is 0. The Morgan fingerprint density at radius 1 is 1.62 bits per heavy atom. The Morgan fingerprint density at radius 3 is 2.92 bits per heavy atom. The van der Waals surface area contributed by atoms with Gasteiger partial charge in [0.15, 0.2) is 0 Å². The van der Waals surface area contributed by atoms with Crippen molar-refractivity contribution in [1.29, 1.82) is 0 Å². The molecule has 0 aromatic heterocycles. The fraction of sp³-hybridized carbons (Fsp3) is 0.900. The molecule has 1 heterocycles. The van der Waals surface area contributed by atoms with Gasteiger partial charge in [0.25, 0.3) is 0 Å². The first-order valence-corrected chi connectivity index (χ1v) is 5.11. The monoisotopic (exact) mass is 183 g/mol. The van der Waals surface area contributed by atoms with Gasteiger partial charge in [-0.2, -0.15) is 0 Å². The van der Waals surface area contributed by atoms with Crippen molar-refractivity contribution in [3.63, 3.8) is 0 Å². The molecular weight excluding hydrogens is 166 g/mol. The van der Waals surface area contributed by atoms with Crippen LogP contribution in [-0.4, -0.2) is 24.7 Å². The molecule has 1 aliphatic carbocycles. The molecule has 2 rings (SSSR count). The van der Waals surface area contributed by atoms with Crippen LogP contribution in [0.15, 0.2) is 0 Å². The van der Waals surface area contributed by atoms with E-state index < -0.39 is 0 Å². The van der Waals surface area contributed by atoms with Crippen molar-refractivity contribution in [2.75, 3.05) is 13.2 Å². The Hall–Kier alpha value is -0.570. The fourth-order valence-corrected chi connectivity index (χ4v) is 1.74. The van der Waals surface area contributed by atoms with Gasteiger partial charge in [-0.15, -0.1) is 0 Å². The van der Waals surface area contributed by atoms with Gasteiger partial charge in [-0.1, -0.05) is 0 Å². The van der Waals surface area contributed by atoms with E-state index in [4.69, 9.17) is 4.74 Å². The van der Waals surface area contributed by atoms with E-state index in [1.807, 2.05) is 0 Å². The van der Waals surface area contributed by atoms with Crippen LogP contribution in [0, 0.1) is 5.92 Å². The van der Waals surface area contributed by atoms with Gasteiger partial charge in [0, 0.05) is 19.1 Å². The molecule has 0 radical (unpaired) electrons. The third-order valence-corrected chi connectivity index (χ3v) is 2.89. The molecule has 74 valence electrons. The molecule has 0 aromatic carbocycles. The van der Waals surface area contributed by atoms with Crippen molar-refractivity contribution >= 4 is 5.91 Å². The smallest absolute Gasteiger partial charge is 0.223 e. The van der Waals surface area contributed by atoms with Crippen LogP contribution in [0.2, 0.25) is 0 Å². The van der Waals surface area contributed by atoms with Crippen molar-refractivity contribution < 1.29 is 9.53 Å². The first kappa shape index (κ1) is 9.00. The molecule has 2 fully saturated rings. The molecule has 1 atom stereocenters. The van der Waals surface area contributed by atoms with Crippen molar-refractivity contribution in [3.8, 4) is 0 Å². The Labute approximate surface area is 78.8 Å². The maximum absolute atomic E-state index is 11.3. The molecule has 2 aliphatic rings. The lowest BCUT2D eigenvalue weighted by Gasteiger charge is -2.23. The highest BCUT2D eigenvalue weighted by molar-refractivity contribution is 5.80. The lowest BCUT2D eigenvalue weighted by molar-refractivity contribution is -0.123. The summed E-state index contributed by atoms with van der Waals surface area (Å²) in [5.41, 5.74) is -0.0927. The molecular formula is C10H17NO2. The highest BCUT2D eigenvalue weighted by Crippen LogP contribution is 2.29. The maximum Gasteiger partial charge on any atom is 0.223 e. The molecule has 3 heteroatoms. The number of ether oxygens (including phenoxy) is 1. The Balaban J connectivity index is 1.74. The van der Waals surface area contributed by atoms with E-state index in [1.54, 1.807) is 0 Å². The summed E-state index contributed by atoms with van der Waals surface area (Å²) in [6, 6.07) is 0. The summed E-state index contributed by atoms with van der Waals surface area (Å²) in [5, 5.41) is 2.96. The molecule has 1 saturated heterocycles. The zero-order chi connectivity index (χ0) is 9.31. The van der Waals surface area contributed by atoms with Gasteiger partial charge in [-0.25, -0.2) is 0 Å². The third-order valence-electron chi connectivity index (χ3n) is 2.89. The van der Waals surface area contributed by atoms with Crippen LogP contribution in [0.25, 0.3) is 0 Å². The van der Waals surface area contributed by atoms with E-state index in [0.717, 1.165) is 32.3 Å². The van der Waals surface area contributed by atoms with E-state index in [2.05, 4.69) is 12.2 Å². The summed E-state index contributed by atoms with van der Waals surface area (Å²) in [7, 11) is 0. The molecule has 1 unspecified atom stereocenters. The second-order valence-corrected chi connectivity index (χ2v) is 4.39. The first-order chi connectivity index (χ1) is 6.20. The predicted octanol–water partition coefficient (Wildman–Crippen LogP) is 1.08. The van der Waals surface area contributed by atoms with Crippen LogP contribution in [0.1, 0.15) is 32.6 Å². The quantitative estimate of drug-likeness (QED) is 0.711. The van der Waals surface area contributed by atoms with Crippen LogP contribution >= 0.6 is 0 Å². The topological polar surface area (TPSA) is 38.3 Å². The van der Waals surface area contributed by atoms with E-state index >= 15 is 0 Å². The minimum Gasteiger partial charge on any atom is -0.373 e. The van der Waals surface area contributed by atoms with Gasteiger partial charge in [0.05, 0.1) is 5.60 Å². The molecule has 0 bridgehead atoms. The number of hydrogen-bond donors (Lipinski definition) is 1. The fourth-order valence-electron chi connectivity index (χ4n) is 1.74. The number of nitrogens with one attached hydrogen (secondary N) is 1. The average molecular weight is 183 g/mol. The van der Waals surface area contributed by atoms with E-state index in [0.29, 0.717) is 12.5 Å². The SMILES string of the molecule is CC1(CNC(=O)C2CC2)CCCO1. The summed E-state index contributed by atoms with van der Waals surface area (Å²) < 4.78 is 5.58. The second kappa shape index (κ2) is 3.29. The van der Waals surface area contributed by atoms with Gasteiger partial charge in [-0.3, -0.25) is 4.79 Å². The number of hydrogen-bond acceptors (Lipinski definition) is 2. The van der Waals surface area contributed by atoms with Crippen LogP contribution < -0.4 is 5.32 Å². The lowest BCUT2D eigenvalue weighted by atomic mass is 10.0. The standard InChI is InChI=1S/C10H17NO2/c1-10(5-2-6-13-10)7-11-9(12)8-3-4-8/h8H,2-7H2,1H3,(H,11,12). The highest BCUT2D eigenvalue weighted by atomic mass is 16.5. The van der Waals surface area contributed by atoms with Crippen molar-refractivity contribution in [2.45, 2.75) is 38.2 Å².